The molecule has 2 fully saturated rings. The van der Waals surface area contributed by atoms with Crippen LogP contribution >= 0.6 is 0 Å². The predicted octanol–water partition coefficient (Wildman–Crippen LogP) is 5.09. The molecule has 2 aliphatic rings. The Morgan fingerprint density at radius 2 is 1.73 bits per heavy atom. The second kappa shape index (κ2) is 11.4. The molecule has 2 saturated heterocycles. The van der Waals surface area contributed by atoms with Crippen LogP contribution in [0.2, 0.25) is 0 Å². The fourth-order valence-corrected chi connectivity index (χ4v) is 6.61. The highest BCUT2D eigenvalue weighted by Crippen LogP contribution is 2.42. The molecule has 0 bridgehead atoms. The summed E-state index contributed by atoms with van der Waals surface area (Å²) in [6.07, 6.45) is 1.56. The van der Waals surface area contributed by atoms with Gasteiger partial charge in [0.2, 0.25) is 10.0 Å². The van der Waals surface area contributed by atoms with Crippen molar-refractivity contribution in [1.29, 1.82) is 0 Å². The van der Waals surface area contributed by atoms with Gasteiger partial charge in [0.25, 0.3) is 0 Å². The largest absolute Gasteiger partial charge is 0.491 e. The lowest BCUT2D eigenvalue weighted by Gasteiger charge is -2.44. The lowest BCUT2D eigenvalue weighted by atomic mass is 9.85. The van der Waals surface area contributed by atoms with Crippen molar-refractivity contribution in [3.63, 3.8) is 0 Å². The number of nitrogens with zero attached hydrogens (tertiary/aromatic N) is 3. The number of benzene rings is 3. The van der Waals surface area contributed by atoms with Crippen LogP contribution < -0.4 is 15.0 Å². The summed E-state index contributed by atoms with van der Waals surface area (Å²) >= 11 is 0. The number of carbonyl (C=O) groups is 1. The van der Waals surface area contributed by atoms with E-state index in [1.54, 1.807) is 23.1 Å². The first kappa shape index (κ1) is 29.0. The minimum absolute atomic E-state index is 0.107. The van der Waals surface area contributed by atoms with Gasteiger partial charge in [-0.2, -0.15) is 0 Å². The highest BCUT2D eigenvalue weighted by atomic mass is 32.2. The molecular weight excluding hydrogens is 543 g/mol. The molecule has 1 N–H and O–H groups in total. The Kier molecular flexibility index (Phi) is 8.09. The van der Waals surface area contributed by atoms with Crippen molar-refractivity contribution in [2.24, 2.45) is 0 Å². The summed E-state index contributed by atoms with van der Waals surface area (Å²) in [7, 11) is -0.623. The number of hydrogen-bond acceptors (Lipinski definition) is 5. The van der Waals surface area contributed by atoms with Gasteiger partial charge in [0, 0.05) is 45.8 Å². The predicted molar refractivity (Wildman–Crippen MR) is 158 cm³/mol. The van der Waals surface area contributed by atoms with E-state index in [-0.39, 0.29) is 17.0 Å². The van der Waals surface area contributed by atoms with Crippen LogP contribution in [0, 0.1) is 5.82 Å². The fraction of sp³-hybridized carbons (Fsp3) is 0.387. The number of halogens is 1. The number of piperidine rings is 1. The fourth-order valence-electron chi connectivity index (χ4n) is 5.71. The van der Waals surface area contributed by atoms with Gasteiger partial charge >= 0.3 is 6.03 Å². The number of rotatable bonds is 8. The maximum Gasteiger partial charge on any atom is 0.322 e. The standard InChI is InChI=1S/C31H37FN4O4S/c1-22(2)40-26-7-5-6-23(18-26)20-35-16-14-31(15-17-35)21-33-30(37)36(31)29-19-25(32)10-13-28(29)24-8-11-27(12-9-24)41(38,39)34(3)4/h5-13,18-19,22H,14-17,20-21H2,1-4H3,(H,33,37). The van der Waals surface area contributed by atoms with E-state index in [9.17, 15) is 17.6 Å². The average molecular weight is 581 g/mol. The molecular formula is C31H37FN4O4S. The molecule has 10 heteroatoms. The number of hydrogen-bond donors (Lipinski definition) is 1. The Morgan fingerprint density at radius 3 is 2.39 bits per heavy atom. The number of sulfonamides is 1. The normalized spacial score (nSPS) is 17.4. The number of amides is 2. The van der Waals surface area contributed by atoms with Crippen LogP contribution in [0.3, 0.4) is 0 Å². The van der Waals surface area contributed by atoms with E-state index >= 15 is 0 Å². The number of carbonyl (C=O) groups excluding carboxylic acids is 1. The third-order valence-corrected chi connectivity index (χ3v) is 9.68. The molecule has 0 aliphatic carbocycles. The molecule has 41 heavy (non-hydrogen) atoms. The van der Waals surface area contributed by atoms with E-state index in [1.165, 1.54) is 43.9 Å². The average Bonchev–Trinajstić information content (AvgIpc) is 3.25. The molecule has 0 unspecified atom stereocenters. The van der Waals surface area contributed by atoms with E-state index in [1.807, 2.05) is 26.0 Å². The summed E-state index contributed by atoms with van der Waals surface area (Å²) in [6, 6.07) is 18.8. The smallest absolute Gasteiger partial charge is 0.322 e. The molecule has 218 valence electrons. The van der Waals surface area contributed by atoms with E-state index in [4.69, 9.17) is 4.74 Å². The molecule has 2 aliphatic heterocycles. The van der Waals surface area contributed by atoms with Crippen molar-refractivity contribution in [1.82, 2.24) is 14.5 Å². The van der Waals surface area contributed by atoms with Crippen LogP contribution in [0.25, 0.3) is 11.1 Å². The second-order valence-electron chi connectivity index (χ2n) is 11.3. The Balaban J connectivity index is 1.39. The molecule has 5 rings (SSSR count). The zero-order valence-electron chi connectivity index (χ0n) is 23.9. The van der Waals surface area contributed by atoms with Gasteiger partial charge < -0.3 is 10.1 Å². The van der Waals surface area contributed by atoms with Crippen molar-refractivity contribution < 1.29 is 22.3 Å². The van der Waals surface area contributed by atoms with Gasteiger partial charge in [0.1, 0.15) is 11.6 Å². The number of ether oxygens (including phenoxy) is 1. The Morgan fingerprint density at radius 1 is 1.02 bits per heavy atom. The third kappa shape index (κ3) is 5.95. The Hall–Kier alpha value is -3.47. The maximum absolute atomic E-state index is 14.7. The minimum Gasteiger partial charge on any atom is -0.491 e. The van der Waals surface area contributed by atoms with Crippen LogP contribution in [0.5, 0.6) is 5.75 Å². The van der Waals surface area contributed by atoms with E-state index in [2.05, 4.69) is 22.3 Å². The highest BCUT2D eigenvalue weighted by Gasteiger charge is 2.48. The van der Waals surface area contributed by atoms with E-state index in [0.29, 0.717) is 23.4 Å². The molecule has 1 spiro atoms. The van der Waals surface area contributed by atoms with Crippen molar-refractivity contribution >= 4 is 21.7 Å². The minimum atomic E-state index is -3.59. The summed E-state index contributed by atoms with van der Waals surface area (Å²) in [5, 5.41) is 3.00. The molecule has 2 heterocycles. The third-order valence-electron chi connectivity index (χ3n) is 7.85. The zero-order valence-corrected chi connectivity index (χ0v) is 24.7. The summed E-state index contributed by atoms with van der Waals surface area (Å²) in [5.41, 5.74) is 2.53. The quantitative estimate of drug-likeness (QED) is 0.401. The summed E-state index contributed by atoms with van der Waals surface area (Å²) in [5.74, 6) is 0.417. The Labute approximate surface area is 241 Å². The molecule has 0 saturated carbocycles. The topological polar surface area (TPSA) is 82.2 Å². The van der Waals surface area contributed by atoms with Crippen LogP contribution in [0.15, 0.2) is 71.6 Å². The molecule has 0 radical (unpaired) electrons. The van der Waals surface area contributed by atoms with E-state index < -0.39 is 21.4 Å². The van der Waals surface area contributed by atoms with Crippen molar-refractivity contribution in [3.05, 3.63) is 78.1 Å². The lowest BCUT2D eigenvalue weighted by molar-refractivity contribution is 0.162. The lowest BCUT2D eigenvalue weighted by Crippen LogP contribution is -2.54. The van der Waals surface area contributed by atoms with Gasteiger partial charge in [-0.05, 0) is 80.3 Å². The van der Waals surface area contributed by atoms with Crippen LogP contribution in [0.4, 0.5) is 14.9 Å². The summed E-state index contributed by atoms with van der Waals surface area (Å²) in [6.45, 7) is 6.83. The number of anilines is 1. The maximum atomic E-state index is 14.7. The molecule has 3 aromatic rings. The van der Waals surface area contributed by atoms with Crippen LogP contribution in [-0.4, -0.2) is 69.0 Å². The number of nitrogens with one attached hydrogen (secondary N) is 1. The van der Waals surface area contributed by atoms with Gasteiger partial charge in [-0.15, -0.1) is 0 Å². The molecule has 3 aromatic carbocycles. The first-order valence-electron chi connectivity index (χ1n) is 13.9. The summed E-state index contributed by atoms with van der Waals surface area (Å²) < 4.78 is 46.8. The molecule has 2 amide bonds. The van der Waals surface area contributed by atoms with Crippen LogP contribution in [0.1, 0.15) is 32.3 Å². The van der Waals surface area contributed by atoms with Crippen molar-refractivity contribution in [3.8, 4) is 16.9 Å². The van der Waals surface area contributed by atoms with Gasteiger partial charge in [-0.25, -0.2) is 21.9 Å². The van der Waals surface area contributed by atoms with Crippen molar-refractivity contribution in [2.75, 3.05) is 38.6 Å². The first-order valence-corrected chi connectivity index (χ1v) is 15.3. The molecule has 8 nitrogen and oxygen atoms in total. The van der Waals surface area contributed by atoms with Gasteiger partial charge in [-0.3, -0.25) is 9.80 Å². The van der Waals surface area contributed by atoms with Crippen molar-refractivity contribution in [2.45, 2.75) is 49.8 Å². The monoisotopic (exact) mass is 580 g/mol. The zero-order chi connectivity index (χ0) is 29.4. The molecule has 0 atom stereocenters. The van der Waals surface area contributed by atoms with Gasteiger partial charge in [0.15, 0.2) is 0 Å². The highest BCUT2D eigenvalue weighted by molar-refractivity contribution is 7.89. The number of likely N-dealkylation sites (tertiary alicyclic amines) is 1. The SMILES string of the molecule is CC(C)Oc1cccc(CN2CCC3(CC2)CNC(=O)N3c2cc(F)ccc2-c2ccc(S(=O)(=O)N(C)C)cc2)c1. The van der Waals surface area contributed by atoms with Crippen LogP contribution in [-0.2, 0) is 16.6 Å². The Bertz CT molecular complexity index is 1520. The van der Waals surface area contributed by atoms with E-state index in [0.717, 1.165) is 42.5 Å². The number of urea groups is 1. The summed E-state index contributed by atoms with van der Waals surface area (Å²) in [4.78, 5) is 17.5. The van der Waals surface area contributed by atoms with Gasteiger partial charge in [0.05, 0.1) is 22.2 Å². The molecule has 0 aromatic heterocycles. The second-order valence-corrected chi connectivity index (χ2v) is 13.4. The van der Waals surface area contributed by atoms with Gasteiger partial charge in [-0.1, -0.05) is 24.3 Å². The first-order chi connectivity index (χ1) is 19.5.